The highest BCUT2D eigenvalue weighted by atomic mass is 28.3. The molecule has 0 saturated heterocycles. The number of hydrogen-bond donors (Lipinski definition) is 1. The molecule has 0 aliphatic carbocycles. The van der Waals surface area contributed by atoms with Crippen LogP contribution in [0.1, 0.15) is 0 Å². The Morgan fingerprint density at radius 3 is 2.25 bits per heavy atom. The quantitative estimate of drug-likeness (QED) is 0.880. The zero-order valence-corrected chi connectivity index (χ0v) is 15.3. The summed E-state index contributed by atoms with van der Waals surface area (Å²) < 4.78 is 7.56. The molecule has 20 heavy (non-hydrogen) atoms. The minimum absolute atomic E-state index is 0.535. The first-order valence-electron chi connectivity index (χ1n) is 6.69. The van der Waals surface area contributed by atoms with E-state index in [0.29, 0.717) is 11.8 Å². The molecule has 0 amide bonds. The molecule has 2 rings (SSSR count). The number of imidazole rings is 1. The summed E-state index contributed by atoms with van der Waals surface area (Å²) in [5.74, 6) is 1.17. The van der Waals surface area contributed by atoms with Gasteiger partial charge in [0.25, 0.3) is 0 Å². The van der Waals surface area contributed by atoms with Crippen LogP contribution in [0.4, 0.5) is 5.95 Å². The van der Waals surface area contributed by atoms with Crippen molar-refractivity contribution in [1.82, 2.24) is 19.2 Å². The molecule has 0 atom stereocenters. The van der Waals surface area contributed by atoms with E-state index < -0.39 is 16.5 Å². The fourth-order valence-corrected chi connectivity index (χ4v) is 3.88. The van der Waals surface area contributed by atoms with Crippen LogP contribution in [-0.2, 0) is 0 Å². The Hall–Kier alpha value is -1.42. The number of fused-ring (bicyclic) bond motifs is 1. The van der Waals surface area contributed by atoms with Crippen molar-refractivity contribution in [2.24, 2.45) is 0 Å². The topological polar surface area (TPSA) is 64.9 Å². The lowest BCUT2D eigenvalue weighted by Crippen LogP contribution is -2.34. The average Bonchev–Trinajstić information content (AvgIpc) is 2.68. The van der Waals surface area contributed by atoms with E-state index in [-0.39, 0.29) is 0 Å². The number of hydrogen-bond acceptors (Lipinski definition) is 5. The van der Waals surface area contributed by atoms with Crippen molar-refractivity contribution >= 4 is 33.6 Å². The van der Waals surface area contributed by atoms with Gasteiger partial charge in [-0.25, -0.2) is 4.98 Å². The van der Waals surface area contributed by atoms with Crippen LogP contribution in [0.2, 0.25) is 39.3 Å². The molecule has 0 bridgehead atoms. The Labute approximate surface area is 121 Å². The molecule has 0 aromatic carbocycles. The molecule has 110 valence electrons. The van der Waals surface area contributed by atoms with Crippen molar-refractivity contribution < 1.29 is 4.74 Å². The first kappa shape index (κ1) is 15.0. The van der Waals surface area contributed by atoms with E-state index in [0.717, 1.165) is 11.2 Å². The summed E-state index contributed by atoms with van der Waals surface area (Å²) in [7, 11) is -1.47. The number of anilines is 1. The van der Waals surface area contributed by atoms with Crippen LogP contribution in [0, 0.1) is 0 Å². The number of nitrogens with one attached hydrogen (secondary N) is 1. The number of aromatic nitrogens is 4. The fraction of sp³-hybridized carbons (Fsp3) is 0.583. The summed E-state index contributed by atoms with van der Waals surface area (Å²) in [5, 5.41) is 0. The van der Waals surface area contributed by atoms with Crippen LogP contribution >= 0.6 is 0 Å². The summed E-state index contributed by atoms with van der Waals surface area (Å²) in [4.78, 5) is 16.9. The third kappa shape index (κ3) is 3.01. The van der Waals surface area contributed by atoms with Gasteiger partial charge in [-0.3, -0.25) is 0 Å². The highest BCUT2D eigenvalue weighted by molar-refractivity contribution is 6.79. The maximum atomic E-state index is 5.37. The Balaban J connectivity index is 2.63. The molecule has 6 nitrogen and oxygen atoms in total. The van der Waals surface area contributed by atoms with E-state index in [4.69, 9.17) is 4.74 Å². The predicted molar refractivity (Wildman–Crippen MR) is 87.6 cm³/mol. The van der Waals surface area contributed by atoms with Gasteiger partial charge in [0.1, 0.15) is 8.24 Å². The molecule has 0 aliphatic rings. The van der Waals surface area contributed by atoms with E-state index in [2.05, 4.69) is 63.4 Å². The summed E-state index contributed by atoms with van der Waals surface area (Å²) in [6.45, 7) is 13.4. The molecule has 2 aromatic rings. The largest absolute Gasteiger partial charge is 0.479 e. The molecule has 0 saturated carbocycles. The van der Waals surface area contributed by atoms with Gasteiger partial charge < -0.3 is 14.0 Å². The standard InChI is InChI=1S/C12H23N5OSi2/c1-18-11-9-10(17(8-13-9)20(5,6)7)14-12(15-11)16-19(2,3)4/h8H,1-7H3,(H,14,15,16). The predicted octanol–water partition coefficient (Wildman–Crippen LogP) is 2.76. The molecule has 0 radical (unpaired) electrons. The average molecular weight is 310 g/mol. The Kier molecular flexibility index (Phi) is 3.63. The maximum Gasteiger partial charge on any atom is 0.246 e. The second kappa shape index (κ2) is 4.85. The molecule has 8 heteroatoms. The first-order valence-corrected chi connectivity index (χ1v) is 13.6. The lowest BCUT2D eigenvalue weighted by molar-refractivity contribution is 0.402. The molecule has 0 fully saturated rings. The molecule has 1 N–H and O–H groups in total. The lowest BCUT2D eigenvalue weighted by atomic mass is 10.5. The number of rotatable bonds is 4. The zero-order chi connectivity index (χ0) is 15.1. The van der Waals surface area contributed by atoms with E-state index in [1.54, 1.807) is 7.11 Å². The van der Waals surface area contributed by atoms with Crippen LogP contribution in [-0.4, -0.2) is 42.8 Å². The summed E-state index contributed by atoms with van der Waals surface area (Å²) in [5.41, 5.74) is 1.59. The van der Waals surface area contributed by atoms with Gasteiger partial charge in [-0.1, -0.05) is 39.3 Å². The van der Waals surface area contributed by atoms with Gasteiger partial charge >= 0.3 is 0 Å². The van der Waals surface area contributed by atoms with Crippen molar-refractivity contribution in [3.05, 3.63) is 6.33 Å². The summed E-state index contributed by atoms with van der Waals surface area (Å²) >= 11 is 0. The molecular formula is C12H23N5OSi2. The molecule has 2 aromatic heterocycles. The first-order chi connectivity index (χ1) is 9.12. The summed E-state index contributed by atoms with van der Waals surface area (Å²) in [6.07, 6.45) is 1.85. The molecule has 2 heterocycles. The minimum atomic E-state index is -1.57. The van der Waals surface area contributed by atoms with Crippen LogP contribution in [0.15, 0.2) is 6.33 Å². The molecule has 0 unspecified atom stereocenters. The van der Waals surface area contributed by atoms with Gasteiger partial charge in [-0.2, -0.15) is 9.97 Å². The van der Waals surface area contributed by atoms with Crippen molar-refractivity contribution in [2.45, 2.75) is 39.3 Å². The Morgan fingerprint density at radius 2 is 1.75 bits per heavy atom. The summed E-state index contributed by atoms with van der Waals surface area (Å²) in [6, 6.07) is 0. The fourth-order valence-electron chi connectivity index (χ4n) is 1.90. The van der Waals surface area contributed by atoms with Gasteiger partial charge in [0.15, 0.2) is 19.4 Å². The van der Waals surface area contributed by atoms with E-state index in [1.807, 2.05) is 6.33 Å². The third-order valence-corrected chi connectivity index (χ3v) is 5.51. The van der Waals surface area contributed by atoms with Gasteiger partial charge in [0.2, 0.25) is 11.8 Å². The van der Waals surface area contributed by atoms with Gasteiger partial charge in [0, 0.05) is 0 Å². The monoisotopic (exact) mass is 309 g/mol. The third-order valence-electron chi connectivity index (χ3n) is 2.77. The minimum Gasteiger partial charge on any atom is -0.479 e. The molecule has 0 spiro atoms. The van der Waals surface area contributed by atoms with Crippen molar-refractivity contribution in [3.8, 4) is 5.88 Å². The van der Waals surface area contributed by atoms with Crippen LogP contribution < -0.4 is 9.72 Å². The molecular weight excluding hydrogens is 286 g/mol. The molecule has 0 aliphatic heterocycles. The van der Waals surface area contributed by atoms with Crippen molar-refractivity contribution in [1.29, 1.82) is 0 Å². The maximum absolute atomic E-state index is 5.37. The number of nitrogens with zero attached hydrogens (tertiary/aromatic N) is 4. The highest BCUT2D eigenvalue weighted by Gasteiger charge is 2.24. The smallest absolute Gasteiger partial charge is 0.246 e. The van der Waals surface area contributed by atoms with E-state index in [1.165, 1.54) is 0 Å². The number of ether oxygens (including phenoxy) is 1. The van der Waals surface area contributed by atoms with Crippen molar-refractivity contribution in [3.63, 3.8) is 0 Å². The lowest BCUT2D eigenvalue weighted by Gasteiger charge is -2.20. The van der Waals surface area contributed by atoms with Crippen LogP contribution in [0.5, 0.6) is 5.88 Å². The second-order valence-electron chi connectivity index (χ2n) is 6.89. The highest BCUT2D eigenvalue weighted by Crippen LogP contribution is 2.25. The second-order valence-corrected chi connectivity index (χ2v) is 16.5. The number of methoxy groups -OCH3 is 1. The van der Waals surface area contributed by atoms with Gasteiger partial charge in [0.05, 0.1) is 13.4 Å². The van der Waals surface area contributed by atoms with Crippen molar-refractivity contribution in [2.75, 3.05) is 12.1 Å². The van der Waals surface area contributed by atoms with E-state index in [9.17, 15) is 0 Å². The van der Waals surface area contributed by atoms with E-state index >= 15 is 0 Å². The van der Waals surface area contributed by atoms with Crippen LogP contribution in [0.25, 0.3) is 11.2 Å². The normalized spacial score (nSPS) is 12.8. The zero-order valence-electron chi connectivity index (χ0n) is 13.3. The Morgan fingerprint density at radius 1 is 1.10 bits per heavy atom. The Bertz CT molecular complexity index is 627. The van der Waals surface area contributed by atoms with Crippen LogP contribution in [0.3, 0.4) is 0 Å². The van der Waals surface area contributed by atoms with Gasteiger partial charge in [-0.15, -0.1) is 0 Å². The van der Waals surface area contributed by atoms with Gasteiger partial charge in [-0.05, 0) is 0 Å². The SMILES string of the molecule is COc1nc(N[Si](C)(C)C)nc2c1ncn2[Si](C)(C)C.